The van der Waals surface area contributed by atoms with Gasteiger partial charge in [-0.2, -0.15) is 0 Å². The van der Waals surface area contributed by atoms with Crippen molar-refractivity contribution >= 4 is 17.6 Å². The average Bonchev–Trinajstić information content (AvgIpc) is 3.19. The van der Waals surface area contributed by atoms with Crippen molar-refractivity contribution in [2.24, 2.45) is 10.9 Å². The lowest BCUT2D eigenvalue weighted by Crippen LogP contribution is -2.38. The van der Waals surface area contributed by atoms with Crippen LogP contribution >= 0.6 is 11.6 Å². The highest BCUT2D eigenvalue weighted by Crippen LogP contribution is 2.22. The number of guanidine groups is 1. The smallest absolute Gasteiger partial charge is 0.191 e. The molecule has 1 heterocycles. The number of benzene rings is 1. The van der Waals surface area contributed by atoms with E-state index in [-0.39, 0.29) is 0 Å². The van der Waals surface area contributed by atoms with Crippen molar-refractivity contribution in [3.8, 4) is 5.75 Å². The van der Waals surface area contributed by atoms with E-state index < -0.39 is 0 Å². The molecule has 1 aromatic carbocycles. The van der Waals surface area contributed by atoms with E-state index >= 15 is 0 Å². The molecule has 27 heavy (non-hydrogen) atoms. The summed E-state index contributed by atoms with van der Waals surface area (Å²) in [6.45, 7) is 7.63. The fourth-order valence-electron chi connectivity index (χ4n) is 2.84. The first-order chi connectivity index (χ1) is 13.2. The number of nitrogens with zero attached hydrogens (tertiary/aromatic N) is 1. The average molecular weight is 398 g/mol. The highest BCUT2D eigenvalue weighted by molar-refractivity contribution is 6.31. The van der Waals surface area contributed by atoms with E-state index in [1.807, 2.05) is 18.2 Å². The molecule has 0 bridgehead atoms. The topological polar surface area (TPSA) is 64.1 Å². The van der Waals surface area contributed by atoms with Crippen molar-refractivity contribution < 1.29 is 14.2 Å². The fourth-order valence-corrected chi connectivity index (χ4v) is 3.10. The Morgan fingerprint density at radius 1 is 1.37 bits per heavy atom. The summed E-state index contributed by atoms with van der Waals surface area (Å²) in [5, 5.41) is 7.34. The number of hydrogen-bond acceptors (Lipinski definition) is 4. The van der Waals surface area contributed by atoms with Gasteiger partial charge in [0.1, 0.15) is 5.75 Å². The van der Waals surface area contributed by atoms with Crippen molar-refractivity contribution in [3.63, 3.8) is 0 Å². The summed E-state index contributed by atoms with van der Waals surface area (Å²) in [5.41, 5.74) is 1.09. The third-order valence-electron chi connectivity index (χ3n) is 4.39. The zero-order valence-electron chi connectivity index (χ0n) is 16.4. The lowest BCUT2D eigenvalue weighted by molar-refractivity contribution is 0.0893. The van der Waals surface area contributed by atoms with Crippen LogP contribution in [0.3, 0.4) is 0 Å². The Morgan fingerprint density at radius 3 is 2.96 bits per heavy atom. The van der Waals surface area contributed by atoms with Crippen molar-refractivity contribution in [3.05, 3.63) is 28.8 Å². The van der Waals surface area contributed by atoms with Crippen molar-refractivity contribution in [2.75, 3.05) is 53.2 Å². The van der Waals surface area contributed by atoms with E-state index in [1.54, 1.807) is 7.11 Å². The van der Waals surface area contributed by atoms with Gasteiger partial charge in [0.25, 0.3) is 0 Å². The molecule has 0 saturated carbocycles. The zero-order valence-corrected chi connectivity index (χ0v) is 17.2. The zero-order chi connectivity index (χ0) is 19.3. The molecule has 1 aliphatic heterocycles. The van der Waals surface area contributed by atoms with Crippen LogP contribution in [0, 0.1) is 5.92 Å². The molecular weight excluding hydrogens is 366 g/mol. The Kier molecular flexibility index (Phi) is 10.3. The molecule has 1 fully saturated rings. The minimum Gasteiger partial charge on any atom is -0.497 e. The first-order valence-electron chi connectivity index (χ1n) is 9.73. The molecule has 1 aromatic rings. The highest BCUT2D eigenvalue weighted by atomic mass is 35.5. The largest absolute Gasteiger partial charge is 0.497 e. The Labute approximate surface area is 167 Å². The lowest BCUT2D eigenvalue weighted by Gasteiger charge is -2.12. The molecule has 152 valence electrons. The maximum Gasteiger partial charge on any atom is 0.191 e. The fraction of sp³-hybridized carbons (Fsp3) is 0.650. The third kappa shape index (κ3) is 8.37. The molecule has 0 amide bonds. The molecule has 0 aromatic heterocycles. The molecule has 0 spiro atoms. The van der Waals surface area contributed by atoms with Crippen molar-refractivity contribution in [1.29, 1.82) is 0 Å². The van der Waals surface area contributed by atoms with Crippen LogP contribution in [0.5, 0.6) is 5.75 Å². The quantitative estimate of drug-likeness (QED) is 0.341. The van der Waals surface area contributed by atoms with Gasteiger partial charge in [-0.3, -0.25) is 4.99 Å². The summed E-state index contributed by atoms with van der Waals surface area (Å²) in [6, 6.07) is 5.77. The first-order valence-corrected chi connectivity index (χ1v) is 10.1. The lowest BCUT2D eigenvalue weighted by atomic mass is 10.1. The molecule has 2 rings (SSSR count). The van der Waals surface area contributed by atoms with Crippen LogP contribution in [-0.2, 0) is 15.9 Å². The van der Waals surface area contributed by atoms with E-state index in [9.17, 15) is 0 Å². The van der Waals surface area contributed by atoms with Crippen molar-refractivity contribution in [2.45, 2.75) is 26.2 Å². The molecular formula is C20H32ClN3O3. The number of ether oxygens (including phenoxy) is 3. The van der Waals surface area contributed by atoms with E-state index in [4.69, 9.17) is 25.8 Å². The molecule has 2 N–H and O–H groups in total. The second-order valence-corrected chi connectivity index (χ2v) is 6.96. The van der Waals surface area contributed by atoms with Crippen LogP contribution in [-0.4, -0.2) is 59.1 Å². The van der Waals surface area contributed by atoms with Crippen molar-refractivity contribution in [1.82, 2.24) is 10.6 Å². The molecule has 7 heteroatoms. The maximum atomic E-state index is 6.29. The van der Waals surface area contributed by atoms with Crippen LogP contribution in [0.2, 0.25) is 5.02 Å². The molecule has 1 unspecified atom stereocenters. The summed E-state index contributed by atoms with van der Waals surface area (Å²) in [7, 11) is 1.64. The minimum absolute atomic E-state index is 0.567. The number of halogens is 1. The van der Waals surface area contributed by atoms with E-state index in [2.05, 4.69) is 22.5 Å². The van der Waals surface area contributed by atoms with E-state index in [0.717, 1.165) is 87.6 Å². The van der Waals surface area contributed by atoms with E-state index in [1.165, 1.54) is 0 Å². The van der Waals surface area contributed by atoms with Crippen LogP contribution < -0.4 is 15.4 Å². The maximum absolute atomic E-state index is 6.29. The number of hydrogen-bond donors (Lipinski definition) is 2. The molecule has 0 aliphatic carbocycles. The van der Waals surface area contributed by atoms with Gasteiger partial charge in [-0.1, -0.05) is 17.7 Å². The number of rotatable bonds is 11. The Hall–Kier alpha value is -1.50. The third-order valence-corrected chi connectivity index (χ3v) is 4.74. The summed E-state index contributed by atoms with van der Waals surface area (Å²) >= 11 is 6.29. The predicted molar refractivity (Wildman–Crippen MR) is 110 cm³/mol. The standard InChI is InChI=1S/C20H32ClN3O3/c1-3-22-20(23-9-4-11-26-14-16-8-12-27-15-16)24-10-7-17-5-6-18(25-2)13-19(17)21/h5-6,13,16H,3-4,7-12,14-15H2,1-2H3,(H2,22,23,24). The Bertz CT molecular complexity index is 578. The van der Waals surface area contributed by atoms with E-state index in [0.29, 0.717) is 5.92 Å². The van der Waals surface area contributed by atoms with Gasteiger partial charge in [-0.05, 0) is 43.9 Å². The SMILES string of the molecule is CCNC(=NCCCOCC1CCOC1)NCCc1ccc(OC)cc1Cl. The molecule has 1 aliphatic rings. The van der Waals surface area contributed by atoms with Crippen LogP contribution in [0.25, 0.3) is 0 Å². The molecule has 6 nitrogen and oxygen atoms in total. The second-order valence-electron chi connectivity index (χ2n) is 6.55. The minimum atomic E-state index is 0.567. The summed E-state index contributed by atoms with van der Waals surface area (Å²) < 4.78 is 16.2. The van der Waals surface area contributed by atoms with Crippen LogP contribution in [0.4, 0.5) is 0 Å². The van der Waals surface area contributed by atoms with Gasteiger partial charge < -0.3 is 24.8 Å². The van der Waals surface area contributed by atoms with Crippen LogP contribution in [0.15, 0.2) is 23.2 Å². The van der Waals surface area contributed by atoms with Gasteiger partial charge in [-0.15, -0.1) is 0 Å². The Balaban J connectivity index is 1.65. The first kappa shape index (κ1) is 21.8. The monoisotopic (exact) mass is 397 g/mol. The number of nitrogens with one attached hydrogen (secondary N) is 2. The summed E-state index contributed by atoms with van der Waals surface area (Å²) in [6.07, 6.45) is 2.85. The highest BCUT2D eigenvalue weighted by Gasteiger charge is 2.15. The summed E-state index contributed by atoms with van der Waals surface area (Å²) in [4.78, 5) is 4.60. The summed E-state index contributed by atoms with van der Waals surface area (Å²) in [5.74, 6) is 2.16. The normalized spacial score (nSPS) is 17.1. The predicted octanol–water partition coefficient (Wildman–Crippen LogP) is 2.89. The van der Waals surface area contributed by atoms with Gasteiger partial charge >= 0.3 is 0 Å². The van der Waals surface area contributed by atoms with Gasteiger partial charge in [-0.25, -0.2) is 0 Å². The van der Waals surface area contributed by atoms with Crippen LogP contribution in [0.1, 0.15) is 25.3 Å². The molecule has 1 saturated heterocycles. The van der Waals surface area contributed by atoms with Gasteiger partial charge in [0.2, 0.25) is 0 Å². The Morgan fingerprint density at radius 2 is 2.26 bits per heavy atom. The number of methoxy groups -OCH3 is 1. The number of aliphatic imine (C=N–C) groups is 1. The molecule has 1 atom stereocenters. The van der Waals surface area contributed by atoms with Gasteiger partial charge in [0, 0.05) is 43.8 Å². The second kappa shape index (κ2) is 12.8. The van der Waals surface area contributed by atoms with Gasteiger partial charge in [0.15, 0.2) is 5.96 Å². The molecule has 0 radical (unpaired) electrons. The van der Waals surface area contributed by atoms with Gasteiger partial charge in [0.05, 0.1) is 20.3 Å².